The van der Waals surface area contributed by atoms with E-state index in [1.165, 1.54) is 5.56 Å². The molecule has 1 aliphatic heterocycles. The number of aromatic nitrogens is 2. The van der Waals surface area contributed by atoms with Gasteiger partial charge in [-0.1, -0.05) is 25.1 Å². The maximum Gasteiger partial charge on any atom is 0.228 e. The Morgan fingerprint density at radius 1 is 1.07 bits per heavy atom. The van der Waals surface area contributed by atoms with Gasteiger partial charge in [0.25, 0.3) is 0 Å². The fourth-order valence-electron chi connectivity index (χ4n) is 3.58. The third-order valence-corrected chi connectivity index (χ3v) is 5.43. The van der Waals surface area contributed by atoms with E-state index in [4.69, 9.17) is 4.42 Å². The topological polar surface area (TPSA) is 62.5 Å². The Hall–Kier alpha value is -3.15. The first-order valence-corrected chi connectivity index (χ1v) is 10.1. The van der Waals surface area contributed by atoms with Crippen molar-refractivity contribution in [1.82, 2.24) is 14.9 Å². The van der Waals surface area contributed by atoms with Crippen LogP contribution in [0.1, 0.15) is 23.9 Å². The monoisotopic (exact) mass is 390 g/mol. The molecular weight excluding hydrogens is 364 g/mol. The van der Waals surface area contributed by atoms with Crippen LogP contribution in [0, 0.1) is 6.92 Å². The first kappa shape index (κ1) is 19.2. The largest absolute Gasteiger partial charge is 0.441 e. The second kappa shape index (κ2) is 8.47. The molecule has 0 radical (unpaired) electrons. The van der Waals surface area contributed by atoms with Crippen LogP contribution < -0.4 is 4.90 Å². The van der Waals surface area contributed by atoms with E-state index in [-0.39, 0.29) is 12.3 Å². The number of carbonyl (C=O) groups excluding carboxylic acids is 1. The van der Waals surface area contributed by atoms with Crippen molar-refractivity contribution < 1.29 is 9.21 Å². The Morgan fingerprint density at radius 3 is 2.48 bits per heavy atom. The van der Waals surface area contributed by atoms with Gasteiger partial charge in [-0.2, -0.15) is 0 Å². The average molecular weight is 390 g/mol. The maximum atomic E-state index is 12.8. The Labute approximate surface area is 171 Å². The molecule has 0 atom stereocenters. The van der Waals surface area contributed by atoms with Crippen LogP contribution in [0.2, 0.25) is 0 Å². The van der Waals surface area contributed by atoms with Gasteiger partial charge < -0.3 is 14.2 Å². The summed E-state index contributed by atoms with van der Waals surface area (Å²) >= 11 is 0. The maximum absolute atomic E-state index is 12.8. The molecule has 6 nitrogen and oxygen atoms in total. The molecule has 1 aromatic carbocycles. The van der Waals surface area contributed by atoms with Gasteiger partial charge in [-0.25, -0.2) is 9.97 Å². The Morgan fingerprint density at radius 2 is 1.83 bits per heavy atom. The Bertz CT molecular complexity index is 958. The number of carbonyl (C=O) groups is 1. The number of nitrogens with zero attached hydrogens (tertiary/aromatic N) is 4. The van der Waals surface area contributed by atoms with E-state index in [0.29, 0.717) is 24.7 Å². The number of hydrogen-bond acceptors (Lipinski definition) is 5. The lowest BCUT2D eigenvalue weighted by Gasteiger charge is -2.35. The standard InChI is InChI=1S/C23H26N4O2/c1-3-18-7-9-19(10-8-18)23-25-20(17(2)29-23)16-22(28)27-14-12-26(13-15-27)21-6-4-5-11-24-21/h4-11H,3,12-16H2,1-2H3. The number of amides is 1. The van der Waals surface area contributed by atoms with Gasteiger partial charge in [-0.3, -0.25) is 4.79 Å². The summed E-state index contributed by atoms with van der Waals surface area (Å²) in [5.74, 6) is 2.34. The van der Waals surface area contributed by atoms with E-state index < -0.39 is 0 Å². The van der Waals surface area contributed by atoms with Crippen LogP contribution in [0.5, 0.6) is 0 Å². The first-order valence-electron chi connectivity index (χ1n) is 10.1. The summed E-state index contributed by atoms with van der Waals surface area (Å²) in [6.45, 7) is 6.96. The van der Waals surface area contributed by atoms with E-state index in [1.807, 2.05) is 42.2 Å². The minimum absolute atomic E-state index is 0.0925. The molecule has 1 saturated heterocycles. The van der Waals surface area contributed by atoms with Gasteiger partial charge in [0.15, 0.2) is 0 Å². The molecule has 6 heteroatoms. The second-order valence-corrected chi connectivity index (χ2v) is 7.30. The van der Waals surface area contributed by atoms with Crippen LogP contribution in [0.15, 0.2) is 53.1 Å². The second-order valence-electron chi connectivity index (χ2n) is 7.30. The summed E-state index contributed by atoms with van der Waals surface area (Å²) in [7, 11) is 0. The van der Waals surface area contributed by atoms with Crippen LogP contribution >= 0.6 is 0 Å². The van der Waals surface area contributed by atoms with E-state index in [0.717, 1.165) is 36.6 Å². The highest BCUT2D eigenvalue weighted by Crippen LogP contribution is 2.23. The van der Waals surface area contributed by atoms with Gasteiger partial charge in [0, 0.05) is 37.9 Å². The van der Waals surface area contributed by atoms with Crippen molar-refractivity contribution >= 4 is 11.7 Å². The van der Waals surface area contributed by atoms with E-state index in [2.05, 4.69) is 33.9 Å². The summed E-state index contributed by atoms with van der Waals surface area (Å²) in [4.78, 5) is 25.9. The van der Waals surface area contributed by atoms with Crippen molar-refractivity contribution in [2.75, 3.05) is 31.1 Å². The number of pyridine rings is 1. The summed E-state index contributed by atoms with van der Waals surface area (Å²) in [5, 5.41) is 0. The molecule has 1 aliphatic rings. The molecule has 1 amide bonds. The number of piperazine rings is 1. The smallest absolute Gasteiger partial charge is 0.228 e. The Kier molecular flexibility index (Phi) is 5.60. The third-order valence-electron chi connectivity index (χ3n) is 5.43. The zero-order valence-electron chi connectivity index (χ0n) is 17.0. The number of aryl methyl sites for hydroxylation is 2. The lowest BCUT2D eigenvalue weighted by Crippen LogP contribution is -2.49. The minimum atomic E-state index is 0.0925. The highest BCUT2D eigenvalue weighted by molar-refractivity contribution is 5.79. The molecule has 4 rings (SSSR count). The quantitative estimate of drug-likeness (QED) is 0.667. The molecule has 0 saturated carbocycles. The normalized spacial score (nSPS) is 14.3. The van der Waals surface area contributed by atoms with Crippen molar-refractivity contribution in [3.8, 4) is 11.5 Å². The predicted molar refractivity (Wildman–Crippen MR) is 113 cm³/mol. The van der Waals surface area contributed by atoms with Gasteiger partial charge in [0.2, 0.25) is 11.8 Å². The molecular formula is C23H26N4O2. The van der Waals surface area contributed by atoms with Gasteiger partial charge in [-0.05, 0) is 43.2 Å². The number of hydrogen-bond donors (Lipinski definition) is 0. The highest BCUT2D eigenvalue weighted by atomic mass is 16.4. The molecule has 0 bridgehead atoms. The van der Waals surface area contributed by atoms with Crippen molar-refractivity contribution in [2.45, 2.75) is 26.7 Å². The molecule has 0 N–H and O–H groups in total. The van der Waals surface area contributed by atoms with Gasteiger partial charge in [-0.15, -0.1) is 0 Å². The summed E-state index contributed by atoms with van der Waals surface area (Å²) in [6.07, 6.45) is 3.07. The predicted octanol–water partition coefficient (Wildman–Crippen LogP) is 3.50. The first-order chi connectivity index (χ1) is 14.1. The average Bonchev–Trinajstić information content (AvgIpc) is 3.14. The van der Waals surface area contributed by atoms with Crippen LogP contribution in [-0.2, 0) is 17.6 Å². The van der Waals surface area contributed by atoms with Crippen LogP contribution in [0.4, 0.5) is 5.82 Å². The summed E-state index contributed by atoms with van der Waals surface area (Å²) in [6, 6.07) is 14.1. The fraction of sp³-hybridized carbons (Fsp3) is 0.348. The van der Waals surface area contributed by atoms with E-state index in [1.54, 1.807) is 6.20 Å². The van der Waals surface area contributed by atoms with Crippen molar-refractivity contribution in [2.24, 2.45) is 0 Å². The van der Waals surface area contributed by atoms with Gasteiger partial charge in [0.05, 0.1) is 12.1 Å². The SMILES string of the molecule is CCc1ccc(-c2nc(CC(=O)N3CCN(c4ccccn4)CC3)c(C)o2)cc1. The van der Waals surface area contributed by atoms with Crippen molar-refractivity contribution in [1.29, 1.82) is 0 Å². The Balaban J connectivity index is 1.38. The molecule has 0 aliphatic carbocycles. The fourth-order valence-corrected chi connectivity index (χ4v) is 3.58. The molecule has 1 fully saturated rings. The van der Waals surface area contributed by atoms with Gasteiger partial charge >= 0.3 is 0 Å². The molecule has 2 aromatic heterocycles. The molecule has 3 heterocycles. The van der Waals surface area contributed by atoms with E-state index >= 15 is 0 Å². The van der Waals surface area contributed by atoms with Crippen molar-refractivity contribution in [3.63, 3.8) is 0 Å². The zero-order chi connectivity index (χ0) is 20.2. The molecule has 3 aromatic rings. The number of anilines is 1. The lowest BCUT2D eigenvalue weighted by molar-refractivity contribution is -0.130. The molecule has 150 valence electrons. The molecule has 0 spiro atoms. The van der Waals surface area contributed by atoms with Gasteiger partial charge in [0.1, 0.15) is 11.6 Å². The molecule has 29 heavy (non-hydrogen) atoms. The van der Waals surface area contributed by atoms with E-state index in [9.17, 15) is 4.79 Å². The third kappa shape index (κ3) is 4.31. The number of rotatable bonds is 5. The number of oxazole rings is 1. The highest BCUT2D eigenvalue weighted by Gasteiger charge is 2.24. The van der Waals surface area contributed by atoms with Crippen molar-refractivity contribution in [3.05, 3.63) is 65.7 Å². The lowest BCUT2D eigenvalue weighted by atomic mass is 10.1. The minimum Gasteiger partial charge on any atom is -0.441 e. The van der Waals surface area contributed by atoms with Crippen LogP contribution in [0.25, 0.3) is 11.5 Å². The summed E-state index contributed by atoms with van der Waals surface area (Å²) in [5.41, 5.74) is 2.93. The molecule has 0 unspecified atom stereocenters. The number of benzene rings is 1. The zero-order valence-corrected chi connectivity index (χ0v) is 17.0. The van der Waals surface area contributed by atoms with Crippen LogP contribution in [-0.4, -0.2) is 47.0 Å². The summed E-state index contributed by atoms with van der Waals surface area (Å²) < 4.78 is 5.84. The van der Waals surface area contributed by atoms with Crippen LogP contribution in [0.3, 0.4) is 0 Å².